The summed E-state index contributed by atoms with van der Waals surface area (Å²) in [7, 11) is 0. The Balaban J connectivity index is 2.01. The van der Waals surface area contributed by atoms with Gasteiger partial charge in [-0.2, -0.15) is 0 Å². The number of thiazole rings is 1. The van der Waals surface area contributed by atoms with Crippen molar-refractivity contribution in [3.05, 3.63) is 16.1 Å². The van der Waals surface area contributed by atoms with Crippen LogP contribution in [0.15, 0.2) is 5.38 Å². The molecule has 1 fully saturated rings. The van der Waals surface area contributed by atoms with E-state index in [1.807, 2.05) is 26.2 Å². The smallest absolute Gasteiger partial charge is 0.223 e. The van der Waals surface area contributed by atoms with Crippen LogP contribution in [0, 0.1) is 12.8 Å². The van der Waals surface area contributed by atoms with Crippen LogP contribution < -0.4 is 10.6 Å². The highest BCUT2D eigenvalue weighted by atomic mass is 32.1. The van der Waals surface area contributed by atoms with Gasteiger partial charge in [-0.25, -0.2) is 4.98 Å². The lowest BCUT2D eigenvalue weighted by atomic mass is 9.91. The Bertz CT molecular complexity index is 455. The predicted molar refractivity (Wildman–Crippen MR) is 78.2 cm³/mol. The molecule has 0 saturated carbocycles. The molecule has 0 aliphatic carbocycles. The van der Waals surface area contributed by atoms with Gasteiger partial charge in [0.1, 0.15) is 5.01 Å². The summed E-state index contributed by atoms with van der Waals surface area (Å²) in [5.74, 6) is 0.280. The summed E-state index contributed by atoms with van der Waals surface area (Å²) in [6, 6.07) is 0.426. The van der Waals surface area contributed by atoms with Crippen LogP contribution in [0.5, 0.6) is 0 Å². The van der Waals surface area contributed by atoms with E-state index in [1.165, 1.54) is 0 Å². The Morgan fingerprint density at radius 1 is 1.58 bits per heavy atom. The summed E-state index contributed by atoms with van der Waals surface area (Å²) in [6.45, 7) is 9.08. The molecule has 1 aromatic heterocycles. The van der Waals surface area contributed by atoms with E-state index in [9.17, 15) is 4.79 Å². The highest BCUT2D eigenvalue weighted by Gasteiger charge is 2.31. The second-order valence-corrected chi connectivity index (χ2v) is 6.84. The topological polar surface area (TPSA) is 54.0 Å². The molecule has 0 radical (unpaired) electrons. The van der Waals surface area contributed by atoms with Crippen LogP contribution in [0.4, 0.5) is 0 Å². The Kier molecular flexibility index (Phi) is 4.26. The third-order valence-corrected chi connectivity index (χ3v) is 4.87. The molecular weight excluding hydrogens is 258 g/mol. The van der Waals surface area contributed by atoms with Crippen LogP contribution in [0.2, 0.25) is 0 Å². The van der Waals surface area contributed by atoms with Crippen molar-refractivity contribution in [1.29, 1.82) is 0 Å². The molecule has 2 heterocycles. The van der Waals surface area contributed by atoms with Gasteiger partial charge in [-0.1, -0.05) is 0 Å². The minimum atomic E-state index is -0.385. The molecule has 1 amide bonds. The molecule has 2 rings (SSSR count). The summed E-state index contributed by atoms with van der Waals surface area (Å²) in [6.07, 6.45) is 1.84. The molecule has 4 nitrogen and oxygen atoms in total. The first-order valence-electron chi connectivity index (χ1n) is 6.86. The average Bonchev–Trinajstić information content (AvgIpc) is 2.76. The molecule has 0 bridgehead atoms. The van der Waals surface area contributed by atoms with Gasteiger partial charge in [0, 0.05) is 23.0 Å². The molecule has 0 aromatic carbocycles. The lowest BCUT2D eigenvalue weighted by Crippen LogP contribution is -2.48. The van der Waals surface area contributed by atoms with Gasteiger partial charge in [0.05, 0.1) is 5.54 Å². The quantitative estimate of drug-likeness (QED) is 0.893. The standard InChI is InChI=1S/C14H23N3OS/c1-9-7-11(5-6-15-9)12(18)17-14(3,4)13-16-10(2)8-19-13/h8-9,11,15H,5-7H2,1-4H3,(H,17,18)/t9-,11-/m0/s1. The molecule has 0 unspecified atom stereocenters. The van der Waals surface area contributed by atoms with Crippen molar-refractivity contribution in [1.82, 2.24) is 15.6 Å². The SMILES string of the molecule is Cc1csc(C(C)(C)NC(=O)[C@H]2CCN[C@@H](C)C2)n1. The number of carbonyl (C=O) groups is 1. The average molecular weight is 281 g/mol. The van der Waals surface area contributed by atoms with Crippen molar-refractivity contribution in [2.75, 3.05) is 6.54 Å². The zero-order chi connectivity index (χ0) is 14.0. The van der Waals surface area contributed by atoms with Crippen molar-refractivity contribution in [3.8, 4) is 0 Å². The maximum absolute atomic E-state index is 12.4. The lowest BCUT2D eigenvalue weighted by Gasteiger charge is -2.31. The number of carbonyl (C=O) groups excluding carboxylic acids is 1. The molecule has 2 N–H and O–H groups in total. The summed E-state index contributed by atoms with van der Waals surface area (Å²) in [4.78, 5) is 16.9. The number of amides is 1. The van der Waals surface area contributed by atoms with Crippen molar-refractivity contribution in [2.24, 2.45) is 5.92 Å². The van der Waals surface area contributed by atoms with E-state index in [2.05, 4.69) is 22.5 Å². The summed E-state index contributed by atoms with van der Waals surface area (Å²) in [5, 5.41) is 9.53. The van der Waals surface area contributed by atoms with Gasteiger partial charge in [-0.05, 0) is 47.1 Å². The maximum atomic E-state index is 12.4. The molecular formula is C14H23N3OS. The lowest BCUT2D eigenvalue weighted by molar-refractivity contribution is -0.127. The Morgan fingerprint density at radius 3 is 2.89 bits per heavy atom. The molecule has 2 atom stereocenters. The number of nitrogens with zero attached hydrogens (tertiary/aromatic N) is 1. The van der Waals surface area contributed by atoms with Crippen molar-refractivity contribution in [3.63, 3.8) is 0 Å². The third kappa shape index (κ3) is 3.54. The first-order chi connectivity index (χ1) is 8.88. The normalized spacial score (nSPS) is 24.2. The Labute approximate surface area is 119 Å². The number of aryl methyl sites for hydroxylation is 1. The van der Waals surface area contributed by atoms with Crippen LogP contribution in [-0.2, 0) is 10.3 Å². The number of nitrogens with one attached hydrogen (secondary N) is 2. The zero-order valence-electron chi connectivity index (χ0n) is 12.1. The second-order valence-electron chi connectivity index (χ2n) is 5.98. The largest absolute Gasteiger partial charge is 0.344 e. The van der Waals surface area contributed by atoms with Gasteiger partial charge < -0.3 is 10.6 Å². The predicted octanol–water partition coefficient (Wildman–Crippen LogP) is 2.19. The summed E-state index contributed by atoms with van der Waals surface area (Å²) in [5.41, 5.74) is 0.627. The summed E-state index contributed by atoms with van der Waals surface area (Å²) < 4.78 is 0. The van der Waals surface area contributed by atoms with Crippen molar-refractivity contribution in [2.45, 2.75) is 52.1 Å². The van der Waals surface area contributed by atoms with Crippen molar-refractivity contribution >= 4 is 17.2 Å². The van der Waals surface area contributed by atoms with Crippen LogP contribution in [-0.4, -0.2) is 23.5 Å². The van der Waals surface area contributed by atoms with Crippen LogP contribution >= 0.6 is 11.3 Å². The van der Waals surface area contributed by atoms with Crippen LogP contribution in [0.1, 0.15) is 44.3 Å². The molecule has 5 heteroatoms. The first kappa shape index (κ1) is 14.5. The molecule has 1 aliphatic rings. The minimum absolute atomic E-state index is 0.122. The number of rotatable bonds is 3. The van der Waals surface area contributed by atoms with E-state index in [0.29, 0.717) is 6.04 Å². The fraction of sp³-hybridized carbons (Fsp3) is 0.714. The summed E-state index contributed by atoms with van der Waals surface area (Å²) >= 11 is 1.61. The van der Waals surface area contributed by atoms with Crippen molar-refractivity contribution < 1.29 is 4.79 Å². The second kappa shape index (κ2) is 5.59. The van der Waals surface area contributed by atoms with E-state index >= 15 is 0 Å². The van der Waals surface area contributed by atoms with E-state index in [1.54, 1.807) is 11.3 Å². The van der Waals surface area contributed by atoms with Crippen LogP contribution in [0.25, 0.3) is 0 Å². The molecule has 19 heavy (non-hydrogen) atoms. The number of piperidine rings is 1. The maximum Gasteiger partial charge on any atom is 0.223 e. The van der Waals surface area contributed by atoms with Gasteiger partial charge in [0.2, 0.25) is 5.91 Å². The first-order valence-corrected chi connectivity index (χ1v) is 7.74. The Hall–Kier alpha value is -0.940. The van der Waals surface area contributed by atoms with Gasteiger partial charge in [0.25, 0.3) is 0 Å². The monoisotopic (exact) mass is 281 g/mol. The fourth-order valence-corrected chi connectivity index (χ4v) is 3.35. The van der Waals surface area contributed by atoms with E-state index in [-0.39, 0.29) is 17.4 Å². The Morgan fingerprint density at radius 2 is 2.32 bits per heavy atom. The van der Waals surface area contributed by atoms with E-state index in [0.717, 1.165) is 30.1 Å². The molecule has 0 spiro atoms. The number of aromatic nitrogens is 1. The molecule has 1 aromatic rings. The van der Waals surface area contributed by atoms with Gasteiger partial charge in [0.15, 0.2) is 0 Å². The third-order valence-electron chi connectivity index (χ3n) is 3.58. The highest BCUT2D eigenvalue weighted by molar-refractivity contribution is 7.09. The van der Waals surface area contributed by atoms with Crippen LogP contribution in [0.3, 0.4) is 0 Å². The zero-order valence-corrected chi connectivity index (χ0v) is 12.9. The number of hydrogen-bond donors (Lipinski definition) is 2. The van der Waals surface area contributed by atoms with E-state index in [4.69, 9.17) is 0 Å². The highest BCUT2D eigenvalue weighted by Crippen LogP contribution is 2.25. The fourth-order valence-electron chi connectivity index (χ4n) is 2.47. The molecule has 1 aliphatic heterocycles. The number of hydrogen-bond acceptors (Lipinski definition) is 4. The molecule has 106 valence electrons. The van der Waals surface area contributed by atoms with Gasteiger partial charge in [-0.15, -0.1) is 11.3 Å². The van der Waals surface area contributed by atoms with Gasteiger partial charge in [-0.3, -0.25) is 4.79 Å². The molecule has 1 saturated heterocycles. The van der Waals surface area contributed by atoms with E-state index < -0.39 is 0 Å². The minimum Gasteiger partial charge on any atom is -0.344 e. The van der Waals surface area contributed by atoms with Gasteiger partial charge >= 0.3 is 0 Å².